The summed E-state index contributed by atoms with van der Waals surface area (Å²) in [7, 11) is 0. The number of aliphatic hydroxyl groups is 1. The number of carbonyl (C=O) groups is 2. The molecule has 7 atom stereocenters. The first-order valence-electron chi connectivity index (χ1n) is 13.5. The third-order valence-electron chi connectivity index (χ3n) is 11.0. The quantitative estimate of drug-likeness (QED) is 0.397. The average molecular weight is 483 g/mol. The van der Waals surface area contributed by atoms with Crippen molar-refractivity contribution in [2.75, 3.05) is 0 Å². The second-order valence-corrected chi connectivity index (χ2v) is 13.0. The first-order chi connectivity index (χ1) is 16.3. The molecule has 2 aliphatic heterocycles. The van der Waals surface area contributed by atoms with E-state index in [4.69, 9.17) is 9.47 Å². The highest BCUT2D eigenvalue weighted by atomic mass is 16.6. The molecule has 0 aromatic rings. The van der Waals surface area contributed by atoms with Gasteiger partial charge in [0.2, 0.25) is 0 Å². The summed E-state index contributed by atoms with van der Waals surface area (Å²) in [6.07, 6.45) is 12.6. The van der Waals surface area contributed by atoms with E-state index in [2.05, 4.69) is 20.8 Å². The Balaban J connectivity index is 1.46. The predicted octanol–water partition coefficient (Wildman–Crippen LogP) is 5.82. The van der Waals surface area contributed by atoms with E-state index >= 15 is 0 Å². The fraction of sp³-hybridized carbons (Fsp3) is 0.733. The van der Waals surface area contributed by atoms with Gasteiger partial charge in [-0.3, -0.25) is 0 Å². The molecule has 2 heterocycles. The molecule has 0 amide bonds. The van der Waals surface area contributed by atoms with E-state index in [1.54, 1.807) is 6.08 Å². The van der Waals surface area contributed by atoms with E-state index in [1.165, 1.54) is 17.2 Å². The van der Waals surface area contributed by atoms with Crippen molar-refractivity contribution in [3.63, 3.8) is 0 Å². The lowest BCUT2D eigenvalue weighted by Gasteiger charge is -2.52. The minimum atomic E-state index is -1.07. The van der Waals surface area contributed by atoms with Gasteiger partial charge in [0.25, 0.3) is 0 Å². The fourth-order valence-corrected chi connectivity index (χ4v) is 8.80. The summed E-state index contributed by atoms with van der Waals surface area (Å²) < 4.78 is 11.6. The maximum absolute atomic E-state index is 12.3. The van der Waals surface area contributed by atoms with Gasteiger partial charge >= 0.3 is 11.9 Å². The first-order valence-corrected chi connectivity index (χ1v) is 13.5. The van der Waals surface area contributed by atoms with Gasteiger partial charge < -0.3 is 14.6 Å². The molecule has 1 N–H and O–H groups in total. The SMILES string of the molecule is CC1=CC[C@@H]([C@@H](C)[C@H]2CC[C@@]3(C)C4=C(CC[C@]23C)C[C@@]2(O)C=CC(=O)OC(C)(C)[C@@H]2CC4)OC1=O. The molecule has 0 spiro atoms. The third-order valence-corrected chi connectivity index (χ3v) is 11.0. The van der Waals surface area contributed by atoms with E-state index in [0.29, 0.717) is 18.3 Å². The molecule has 5 nitrogen and oxygen atoms in total. The van der Waals surface area contributed by atoms with Crippen LogP contribution < -0.4 is 0 Å². The molecule has 5 rings (SSSR count). The standard InChI is InChI=1S/C30H42O5/c1-18-7-9-23(34-26(18)32)19(2)21-12-15-29(6)22-8-10-24-27(3,4)35-25(31)13-16-30(24,33)17-20(22)11-14-28(21,29)5/h7,13,16,19,21,23-24,33H,8-12,14-15,17H2,1-6H3/t19-,21+,23-,24-,28+,29-,30-/m0/s1. The summed E-state index contributed by atoms with van der Waals surface area (Å²) in [6, 6.07) is 0. The van der Waals surface area contributed by atoms with Crippen LogP contribution in [0.1, 0.15) is 92.9 Å². The van der Waals surface area contributed by atoms with Gasteiger partial charge in [0.05, 0.1) is 5.60 Å². The van der Waals surface area contributed by atoms with Gasteiger partial charge in [-0.25, -0.2) is 9.59 Å². The predicted molar refractivity (Wildman–Crippen MR) is 134 cm³/mol. The smallest absolute Gasteiger partial charge is 0.333 e. The van der Waals surface area contributed by atoms with Crippen molar-refractivity contribution in [3.8, 4) is 0 Å². The van der Waals surface area contributed by atoms with E-state index < -0.39 is 11.2 Å². The van der Waals surface area contributed by atoms with Crippen LogP contribution in [0.15, 0.2) is 34.9 Å². The normalized spacial score (nSPS) is 43.6. The van der Waals surface area contributed by atoms with Crippen molar-refractivity contribution < 1.29 is 24.2 Å². The van der Waals surface area contributed by atoms with Crippen LogP contribution in [0.3, 0.4) is 0 Å². The number of carbonyl (C=O) groups excluding carboxylic acids is 2. The van der Waals surface area contributed by atoms with Crippen molar-refractivity contribution in [2.45, 2.75) is 110 Å². The Morgan fingerprint density at radius 2 is 1.83 bits per heavy atom. The number of ether oxygens (including phenoxy) is 2. The Bertz CT molecular complexity index is 1030. The van der Waals surface area contributed by atoms with E-state index in [1.807, 2.05) is 26.8 Å². The maximum atomic E-state index is 12.3. The minimum Gasteiger partial charge on any atom is -0.458 e. The van der Waals surface area contributed by atoms with Gasteiger partial charge in [-0.2, -0.15) is 0 Å². The van der Waals surface area contributed by atoms with E-state index in [0.717, 1.165) is 50.5 Å². The molecule has 5 heteroatoms. The maximum Gasteiger partial charge on any atom is 0.333 e. The second kappa shape index (κ2) is 8.06. The molecule has 1 saturated carbocycles. The van der Waals surface area contributed by atoms with Gasteiger partial charge in [0, 0.05) is 30.4 Å². The van der Waals surface area contributed by atoms with Gasteiger partial charge in [0.1, 0.15) is 11.7 Å². The molecule has 0 radical (unpaired) electrons. The molecule has 5 aliphatic rings. The molecule has 1 fully saturated rings. The molecule has 0 aromatic heterocycles. The summed E-state index contributed by atoms with van der Waals surface area (Å²) >= 11 is 0. The van der Waals surface area contributed by atoms with Crippen molar-refractivity contribution in [1.29, 1.82) is 0 Å². The highest BCUT2D eigenvalue weighted by molar-refractivity contribution is 5.88. The van der Waals surface area contributed by atoms with E-state index in [9.17, 15) is 14.7 Å². The van der Waals surface area contributed by atoms with Crippen molar-refractivity contribution in [3.05, 3.63) is 34.9 Å². The summed E-state index contributed by atoms with van der Waals surface area (Å²) in [5, 5.41) is 11.9. The zero-order valence-corrected chi connectivity index (χ0v) is 22.3. The van der Waals surface area contributed by atoms with Gasteiger partial charge in [0.15, 0.2) is 0 Å². The molecular weight excluding hydrogens is 440 g/mol. The Labute approximate surface area is 210 Å². The minimum absolute atomic E-state index is 0.0483. The molecule has 0 aromatic carbocycles. The van der Waals surface area contributed by atoms with Crippen molar-refractivity contribution >= 4 is 11.9 Å². The lowest BCUT2D eigenvalue weighted by atomic mass is 9.52. The molecular formula is C30H42O5. The summed E-state index contributed by atoms with van der Waals surface area (Å²) in [4.78, 5) is 24.5. The third kappa shape index (κ3) is 3.67. The summed E-state index contributed by atoms with van der Waals surface area (Å²) in [6.45, 7) is 12.9. The number of hydrogen-bond donors (Lipinski definition) is 1. The largest absolute Gasteiger partial charge is 0.458 e. The highest BCUT2D eigenvalue weighted by Gasteiger charge is 2.61. The molecule has 0 bridgehead atoms. The van der Waals surface area contributed by atoms with Crippen LogP contribution in [0, 0.1) is 28.6 Å². The Kier molecular flexibility index (Phi) is 5.71. The van der Waals surface area contributed by atoms with Crippen LogP contribution in [-0.4, -0.2) is 34.4 Å². The topological polar surface area (TPSA) is 72.8 Å². The van der Waals surface area contributed by atoms with Crippen LogP contribution in [0.2, 0.25) is 0 Å². The van der Waals surface area contributed by atoms with Crippen LogP contribution in [0.5, 0.6) is 0 Å². The summed E-state index contributed by atoms with van der Waals surface area (Å²) in [5.74, 6) is 0.111. The van der Waals surface area contributed by atoms with E-state index in [-0.39, 0.29) is 34.8 Å². The van der Waals surface area contributed by atoms with Crippen LogP contribution in [-0.2, 0) is 19.1 Å². The molecule has 35 heavy (non-hydrogen) atoms. The molecule has 0 saturated heterocycles. The number of cyclic esters (lactones) is 2. The second-order valence-electron chi connectivity index (χ2n) is 13.0. The lowest BCUT2D eigenvalue weighted by molar-refractivity contribution is -0.162. The zero-order chi connectivity index (χ0) is 25.4. The number of fused-ring (bicyclic) bond motifs is 3. The van der Waals surface area contributed by atoms with Crippen LogP contribution in [0.25, 0.3) is 0 Å². The van der Waals surface area contributed by atoms with Crippen LogP contribution >= 0.6 is 0 Å². The molecule has 3 aliphatic carbocycles. The monoisotopic (exact) mass is 482 g/mol. The first kappa shape index (κ1) is 24.8. The van der Waals surface area contributed by atoms with Gasteiger partial charge in [-0.1, -0.05) is 38.0 Å². The molecule has 0 unspecified atom stereocenters. The highest BCUT2D eigenvalue weighted by Crippen LogP contribution is 2.69. The zero-order valence-electron chi connectivity index (χ0n) is 22.3. The van der Waals surface area contributed by atoms with Crippen molar-refractivity contribution in [1.82, 2.24) is 0 Å². The average Bonchev–Trinajstić information content (AvgIpc) is 2.90. The van der Waals surface area contributed by atoms with Crippen molar-refractivity contribution in [2.24, 2.45) is 28.6 Å². The van der Waals surface area contributed by atoms with Gasteiger partial charge in [-0.05, 0) is 88.0 Å². The van der Waals surface area contributed by atoms with Gasteiger partial charge in [-0.15, -0.1) is 0 Å². The molecule has 192 valence electrons. The number of esters is 2. The lowest BCUT2D eigenvalue weighted by Crippen LogP contribution is -2.48. The number of allylic oxidation sites excluding steroid dienone is 1. The summed E-state index contributed by atoms with van der Waals surface area (Å²) in [5.41, 5.74) is 2.05. The number of rotatable bonds is 2. The van der Waals surface area contributed by atoms with Crippen LogP contribution in [0.4, 0.5) is 0 Å². The Morgan fingerprint density at radius 1 is 1.09 bits per heavy atom. The Morgan fingerprint density at radius 3 is 2.54 bits per heavy atom. The Hall–Kier alpha value is -1.88. The number of hydrogen-bond acceptors (Lipinski definition) is 5. The fourth-order valence-electron chi connectivity index (χ4n) is 8.80.